The van der Waals surface area contributed by atoms with Crippen molar-refractivity contribution < 1.29 is 9.53 Å². The lowest BCUT2D eigenvalue weighted by molar-refractivity contribution is -0.165. The number of para-hydroxylation sites is 2. The minimum absolute atomic E-state index is 0.0446. The molecule has 2 unspecified atom stereocenters. The Morgan fingerprint density at radius 3 is 1.74 bits per heavy atom. The predicted molar refractivity (Wildman–Crippen MR) is 149 cm³/mol. The smallest absolute Gasteiger partial charge is 0.312 e. The van der Waals surface area contributed by atoms with Crippen LogP contribution in [0, 0.1) is 11.3 Å². The van der Waals surface area contributed by atoms with Gasteiger partial charge in [0.1, 0.15) is 0 Å². The van der Waals surface area contributed by atoms with Gasteiger partial charge in [-0.15, -0.1) is 0 Å². The number of benzene rings is 2. The first-order valence-corrected chi connectivity index (χ1v) is 13.2. The molecule has 6 nitrogen and oxygen atoms in total. The Balaban J connectivity index is 1.39. The van der Waals surface area contributed by atoms with Crippen molar-refractivity contribution in [1.82, 2.24) is 10.6 Å². The van der Waals surface area contributed by atoms with Crippen LogP contribution in [0.3, 0.4) is 0 Å². The second-order valence-corrected chi connectivity index (χ2v) is 10.3. The SMILES string of the molecule is CCOC(=O)C12CC[C@@H](NC(=S)Nc3ccccc3)CC1C[C@@H](NC(=S)Nc1ccccc1)CC2. The minimum Gasteiger partial charge on any atom is -0.466 e. The summed E-state index contributed by atoms with van der Waals surface area (Å²) in [6, 6.07) is 20.2. The van der Waals surface area contributed by atoms with E-state index in [1.165, 1.54) is 0 Å². The molecular weight excluding hydrogens is 476 g/mol. The van der Waals surface area contributed by atoms with Crippen LogP contribution in [0.5, 0.6) is 0 Å². The van der Waals surface area contributed by atoms with Crippen LogP contribution in [0.2, 0.25) is 0 Å². The van der Waals surface area contributed by atoms with Crippen LogP contribution in [0.25, 0.3) is 0 Å². The highest BCUT2D eigenvalue weighted by Crippen LogP contribution is 2.51. The first-order valence-electron chi connectivity index (χ1n) is 12.4. The van der Waals surface area contributed by atoms with Crippen molar-refractivity contribution >= 4 is 52.0 Å². The molecule has 2 aromatic rings. The summed E-state index contributed by atoms with van der Waals surface area (Å²) in [4.78, 5) is 13.2. The Morgan fingerprint density at radius 1 is 0.857 bits per heavy atom. The number of anilines is 2. The highest BCUT2D eigenvalue weighted by atomic mass is 32.1. The van der Waals surface area contributed by atoms with Crippen molar-refractivity contribution in [1.29, 1.82) is 0 Å². The molecule has 2 saturated carbocycles. The maximum Gasteiger partial charge on any atom is 0.312 e. The Kier molecular flexibility index (Phi) is 8.57. The van der Waals surface area contributed by atoms with Gasteiger partial charge in [0.15, 0.2) is 10.2 Å². The molecule has 2 aliphatic rings. The molecule has 8 heteroatoms. The third kappa shape index (κ3) is 6.49. The third-order valence-electron chi connectivity index (χ3n) is 7.21. The average Bonchev–Trinajstić information content (AvgIpc) is 2.85. The molecule has 4 rings (SSSR count). The number of nitrogens with one attached hydrogen (secondary N) is 4. The number of carbonyl (C=O) groups excluding carboxylic acids is 1. The average molecular weight is 511 g/mol. The van der Waals surface area contributed by atoms with Crippen molar-refractivity contribution in [3.05, 3.63) is 60.7 Å². The molecule has 0 aliphatic heterocycles. The Morgan fingerprint density at radius 2 is 1.31 bits per heavy atom. The molecule has 0 amide bonds. The van der Waals surface area contributed by atoms with Gasteiger partial charge in [-0.05, 0) is 100 Å². The highest BCUT2D eigenvalue weighted by molar-refractivity contribution is 7.80. The Hall–Kier alpha value is -2.71. The van der Waals surface area contributed by atoms with E-state index < -0.39 is 5.41 Å². The quantitative estimate of drug-likeness (QED) is 0.311. The fraction of sp³-hybridized carbons (Fsp3) is 0.444. The van der Waals surface area contributed by atoms with Gasteiger partial charge in [-0.3, -0.25) is 4.79 Å². The minimum atomic E-state index is -0.421. The fourth-order valence-corrected chi connectivity index (χ4v) is 6.09. The summed E-state index contributed by atoms with van der Waals surface area (Å²) < 4.78 is 5.58. The van der Waals surface area contributed by atoms with Crippen LogP contribution < -0.4 is 21.3 Å². The van der Waals surface area contributed by atoms with Crippen LogP contribution in [0.4, 0.5) is 11.4 Å². The first kappa shape index (κ1) is 25.4. The van der Waals surface area contributed by atoms with E-state index in [4.69, 9.17) is 29.2 Å². The summed E-state index contributed by atoms with van der Waals surface area (Å²) in [6.07, 6.45) is 5.12. The number of hydrogen-bond donors (Lipinski definition) is 4. The van der Waals surface area contributed by atoms with Crippen molar-refractivity contribution in [2.24, 2.45) is 11.3 Å². The molecule has 4 atom stereocenters. The molecule has 2 aliphatic carbocycles. The van der Waals surface area contributed by atoms with Gasteiger partial charge in [0.25, 0.3) is 0 Å². The number of esters is 1. The van der Waals surface area contributed by atoms with Gasteiger partial charge in [0.05, 0.1) is 12.0 Å². The normalized spacial score (nSPS) is 25.5. The Bertz CT molecular complexity index is 949. The lowest BCUT2D eigenvalue weighted by Crippen LogP contribution is -2.55. The fourth-order valence-electron chi connectivity index (χ4n) is 5.52. The molecule has 0 radical (unpaired) electrons. The standard InChI is InChI=1S/C27H34N4O2S2/c1-2-33-24(32)27-15-13-22(30-25(34)28-20-9-5-3-6-10-20)17-19(27)18-23(14-16-27)31-26(35)29-21-11-7-4-8-12-21/h3-12,19,22-23H,2,13-18H2,1H3,(H2,28,30,34)(H2,29,31,35)/t19?,22-,23+,27?. The largest absolute Gasteiger partial charge is 0.466 e. The summed E-state index contributed by atoms with van der Waals surface area (Å²) in [5, 5.41) is 14.7. The number of hydrogen-bond acceptors (Lipinski definition) is 4. The molecule has 35 heavy (non-hydrogen) atoms. The molecule has 0 bridgehead atoms. The van der Waals surface area contributed by atoms with E-state index in [1.807, 2.05) is 67.6 Å². The number of rotatable bonds is 6. The van der Waals surface area contributed by atoms with Gasteiger partial charge in [-0.1, -0.05) is 36.4 Å². The molecule has 2 fully saturated rings. The van der Waals surface area contributed by atoms with E-state index >= 15 is 0 Å². The second kappa shape index (κ2) is 11.8. The number of ether oxygens (including phenoxy) is 1. The summed E-state index contributed by atoms with van der Waals surface area (Å²) in [6.45, 7) is 2.29. The van der Waals surface area contributed by atoms with Crippen molar-refractivity contribution in [3.8, 4) is 0 Å². The molecule has 4 N–H and O–H groups in total. The van der Waals surface area contributed by atoms with Crippen molar-refractivity contribution in [3.63, 3.8) is 0 Å². The summed E-state index contributed by atoms with van der Waals surface area (Å²) in [5.74, 6) is 0.148. The topological polar surface area (TPSA) is 74.4 Å². The van der Waals surface area contributed by atoms with Crippen molar-refractivity contribution in [2.45, 2.75) is 57.5 Å². The van der Waals surface area contributed by atoms with Gasteiger partial charge >= 0.3 is 5.97 Å². The van der Waals surface area contributed by atoms with E-state index in [1.54, 1.807) is 0 Å². The predicted octanol–water partition coefficient (Wildman–Crippen LogP) is 5.23. The van der Waals surface area contributed by atoms with Gasteiger partial charge in [-0.2, -0.15) is 0 Å². The maximum absolute atomic E-state index is 13.2. The lowest BCUT2D eigenvalue weighted by Gasteiger charge is -2.49. The van der Waals surface area contributed by atoms with E-state index in [9.17, 15) is 4.79 Å². The zero-order valence-electron chi connectivity index (χ0n) is 20.1. The molecule has 0 saturated heterocycles. The molecule has 186 valence electrons. The third-order valence-corrected chi connectivity index (χ3v) is 7.65. The van der Waals surface area contributed by atoms with E-state index in [0.717, 1.165) is 49.9 Å². The van der Waals surface area contributed by atoms with Gasteiger partial charge in [-0.25, -0.2) is 0 Å². The molecule has 0 spiro atoms. The van der Waals surface area contributed by atoms with Crippen LogP contribution >= 0.6 is 24.4 Å². The van der Waals surface area contributed by atoms with Crippen LogP contribution in [-0.4, -0.2) is 34.9 Å². The van der Waals surface area contributed by atoms with Crippen LogP contribution in [0.1, 0.15) is 45.4 Å². The van der Waals surface area contributed by atoms with E-state index in [0.29, 0.717) is 16.8 Å². The number of fused-ring (bicyclic) bond motifs is 1. The summed E-state index contributed by atoms with van der Waals surface area (Å²) >= 11 is 11.2. The summed E-state index contributed by atoms with van der Waals surface area (Å²) in [7, 11) is 0. The zero-order valence-corrected chi connectivity index (χ0v) is 21.7. The Labute approximate surface area is 218 Å². The molecule has 0 aromatic heterocycles. The van der Waals surface area contributed by atoms with Crippen molar-refractivity contribution in [2.75, 3.05) is 17.2 Å². The second-order valence-electron chi connectivity index (χ2n) is 9.45. The van der Waals surface area contributed by atoms with Gasteiger partial charge in [0.2, 0.25) is 0 Å². The molecule has 0 heterocycles. The monoisotopic (exact) mass is 510 g/mol. The molecule has 2 aromatic carbocycles. The zero-order chi connectivity index (χ0) is 24.7. The number of carbonyl (C=O) groups is 1. The van der Waals surface area contributed by atoms with Gasteiger partial charge < -0.3 is 26.0 Å². The van der Waals surface area contributed by atoms with E-state index in [2.05, 4.69) is 21.3 Å². The van der Waals surface area contributed by atoms with Gasteiger partial charge in [0, 0.05) is 23.5 Å². The number of thiocarbonyl (C=S) groups is 2. The van der Waals surface area contributed by atoms with Crippen LogP contribution in [-0.2, 0) is 9.53 Å². The maximum atomic E-state index is 13.2. The molecular formula is C27H34N4O2S2. The lowest BCUT2D eigenvalue weighted by atomic mass is 9.57. The van der Waals surface area contributed by atoms with Crippen LogP contribution in [0.15, 0.2) is 60.7 Å². The summed E-state index contributed by atoms with van der Waals surface area (Å²) in [5.41, 5.74) is 1.50. The highest BCUT2D eigenvalue weighted by Gasteiger charge is 2.53. The van der Waals surface area contributed by atoms with E-state index in [-0.39, 0.29) is 24.0 Å². The first-order chi connectivity index (χ1) is 17.0.